The second-order valence-electron chi connectivity index (χ2n) is 11.4. The third-order valence-corrected chi connectivity index (χ3v) is 8.08. The van der Waals surface area contributed by atoms with Gasteiger partial charge in [0.05, 0.1) is 17.9 Å². The average Bonchev–Trinajstić information content (AvgIpc) is 2.92. The molecule has 0 aromatic carbocycles. The van der Waals surface area contributed by atoms with E-state index in [1.165, 1.54) is 89.5 Å². The molecule has 0 aliphatic carbocycles. The van der Waals surface area contributed by atoms with Crippen molar-refractivity contribution in [3.8, 4) is 0 Å². The zero-order valence-electron chi connectivity index (χ0n) is 26.4. The minimum absolute atomic E-state index is 0.286. The topological polar surface area (TPSA) is 104 Å². The van der Waals surface area contributed by atoms with Crippen molar-refractivity contribution in [1.82, 2.24) is 5.32 Å². The quantitative estimate of drug-likeness (QED) is 0.0453. The molecule has 0 bridgehead atoms. The number of rotatable bonds is 29. The second-order valence-corrected chi connectivity index (χ2v) is 12.9. The van der Waals surface area contributed by atoms with Gasteiger partial charge in [-0.2, -0.15) is 8.42 Å². The van der Waals surface area contributed by atoms with Crippen LogP contribution in [0.25, 0.3) is 0 Å². The van der Waals surface area contributed by atoms with Gasteiger partial charge in [-0.15, -0.1) is 0 Å². The lowest BCUT2D eigenvalue weighted by Gasteiger charge is -2.21. The maximum absolute atomic E-state index is 12.4. The molecule has 0 spiro atoms. The second kappa shape index (κ2) is 28.7. The molecule has 2 unspecified atom stereocenters. The Hall–Kier alpha value is -1.44. The molecule has 240 valence electrons. The smallest absolute Gasteiger partial charge is 0.267 e. The molecule has 0 aromatic heterocycles. The zero-order valence-corrected chi connectivity index (χ0v) is 27.2. The van der Waals surface area contributed by atoms with Crippen LogP contribution >= 0.6 is 0 Å². The monoisotopic (exact) mass is 597 g/mol. The van der Waals surface area contributed by atoms with E-state index in [0.29, 0.717) is 6.42 Å². The van der Waals surface area contributed by atoms with Crippen molar-refractivity contribution < 1.29 is 22.9 Å². The van der Waals surface area contributed by atoms with Crippen LogP contribution in [0.15, 0.2) is 36.5 Å². The Balaban J connectivity index is 4.14. The summed E-state index contributed by atoms with van der Waals surface area (Å²) in [6, 6.07) is -1.07. The van der Waals surface area contributed by atoms with Gasteiger partial charge >= 0.3 is 0 Å². The summed E-state index contributed by atoms with van der Waals surface area (Å²) < 4.78 is 32.2. The van der Waals surface area contributed by atoms with Crippen LogP contribution < -0.4 is 5.32 Å². The highest BCUT2D eigenvalue weighted by molar-refractivity contribution is 7.85. The Morgan fingerprint density at radius 3 is 1.54 bits per heavy atom. The molecule has 7 heteroatoms. The van der Waals surface area contributed by atoms with Crippen LogP contribution in [0.4, 0.5) is 0 Å². The number of amides is 1. The van der Waals surface area contributed by atoms with Crippen molar-refractivity contribution in [1.29, 1.82) is 0 Å². The number of hydrogen-bond acceptors (Lipinski definition) is 4. The van der Waals surface area contributed by atoms with Crippen LogP contribution in [-0.4, -0.2) is 41.9 Å². The van der Waals surface area contributed by atoms with E-state index < -0.39 is 28.0 Å². The fraction of sp³-hybridized carbons (Fsp3) is 0.794. The van der Waals surface area contributed by atoms with Crippen molar-refractivity contribution >= 4 is 16.0 Å². The van der Waals surface area contributed by atoms with E-state index in [1.54, 1.807) is 6.08 Å². The summed E-state index contributed by atoms with van der Waals surface area (Å²) in [5, 5.41) is 13.1. The third-order valence-electron chi connectivity index (χ3n) is 7.30. The maximum Gasteiger partial charge on any atom is 0.267 e. The maximum atomic E-state index is 12.4. The largest absolute Gasteiger partial charge is 0.387 e. The highest BCUT2D eigenvalue weighted by atomic mass is 32.2. The van der Waals surface area contributed by atoms with Crippen molar-refractivity contribution in [2.75, 3.05) is 5.75 Å². The van der Waals surface area contributed by atoms with Gasteiger partial charge in [-0.1, -0.05) is 140 Å². The lowest BCUT2D eigenvalue weighted by molar-refractivity contribution is -0.122. The summed E-state index contributed by atoms with van der Waals surface area (Å²) >= 11 is 0. The number of unbranched alkanes of at least 4 members (excludes halogenated alkanes) is 17. The molecule has 3 N–H and O–H groups in total. The van der Waals surface area contributed by atoms with Crippen LogP contribution in [0.3, 0.4) is 0 Å². The summed E-state index contributed by atoms with van der Waals surface area (Å²) in [4.78, 5) is 12.4. The number of carbonyl (C=O) groups is 1. The molecule has 0 aliphatic heterocycles. The fourth-order valence-corrected chi connectivity index (χ4v) is 5.51. The number of allylic oxidation sites excluding steroid dienone is 5. The van der Waals surface area contributed by atoms with Crippen LogP contribution in [0.1, 0.15) is 155 Å². The van der Waals surface area contributed by atoms with E-state index in [0.717, 1.165) is 44.9 Å². The third kappa shape index (κ3) is 29.8. The molecule has 1 amide bonds. The van der Waals surface area contributed by atoms with Gasteiger partial charge in [0.1, 0.15) is 0 Å². The predicted octanol–water partition coefficient (Wildman–Crippen LogP) is 9.01. The van der Waals surface area contributed by atoms with E-state index in [-0.39, 0.29) is 12.3 Å². The van der Waals surface area contributed by atoms with Gasteiger partial charge < -0.3 is 10.4 Å². The van der Waals surface area contributed by atoms with E-state index in [2.05, 4.69) is 43.5 Å². The summed E-state index contributed by atoms with van der Waals surface area (Å²) in [5.41, 5.74) is 0. The van der Waals surface area contributed by atoms with Crippen LogP contribution in [-0.2, 0) is 14.9 Å². The van der Waals surface area contributed by atoms with Crippen LogP contribution in [0.5, 0.6) is 0 Å². The number of nitrogens with one attached hydrogen (secondary N) is 1. The molecule has 0 fully saturated rings. The Kier molecular flexibility index (Phi) is 27.7. The molecule has 0 saturated carbocycles. The molecule has 0 radical (unpaired) electrons. The van der Waals surface area contributed by atoms with Gasteiger partial charge in [0.2, 0.25) is 5.91 Å². The number of hydrogen-bond donors (Lipinski definition) is 3. The van der Waals surface area contributed by atoms with Crippen molar-refractivity contribution in [3.05, 3.63) is 36.5 Å². The zero-order chi connectivity index (χ0) is 30.4. The lowest BCUT2D eigenvalue weighted by atomic mass is 10.0. The summed E-state index contributed by atoms with van der Waals surface area (Å²) in [5.74, 6) is -1.01. The lowest BCUT2D eigenvalue weighted by Crippen LogP contribution is -2.46. The molecular formula is C34H63NO5S. The van der Waals surface area contributed by atoms with Crippen LogP contribution in [0.2, 0.25) is 0 Å². The first-order chi connectivity index (χ1) is 19.8. The van der Waals surface area contributed by atoms with Crippen molar-refractivity contribution in [2.45, 2.75) is 167 Å². The van der Waals surface area contributed by atoms with Gasteiger partial charge in [0.15, 0.2) is 0 Å². The van der Waals surface area contributed by atoms with Gasteiger partial charge in [0, 0.05) is 6.42 Å². The molecule has 0 rings (SSSR count). The molecule has 0 aromatic rings. The highest BCUT2D eigenvalue weighted by Gasteiger charge is 2.24. The molecule has 41 heavy (non-hydrogen) atoms. The molecule has 0 heterocycles. The Morgan fingerprint density at radius 2 is 1.05 bits per heavy atom. The Bertz CT molecular complexity index is 791. The van der Waals surface area contributed by atoms with E-state index in [1.807, 2.05) is 0 Å². The summed E-state index contributed by atoms with van der Waals surface area (Å²) in [6.45, 7) is 4.46. The van der Waals surface area contributed by atoms with Crippen LogP contribution in [0, 0.1) is 0 Å². The van der Waals surface area contributed by atoms with Gasteiger partial charge in [-0.3, -0.25) is 9.35 Å². The summed E-state index contributed by atoms with van der Waals surface area (Å²) in [6.07, 6.45) is 35.5. The normalized spacial score (nSPS) is 14.0. The SMILES string of the molecule is CCCCCC/C=C/CC/C=C/CC/C=C/C(O)C(CS(=O)(=O)O)NC(=O)CCCCCCCCCCCCCC. The van der Waals surface area contributed by atoms with E-state index in [4.69, 9.17) is 0 Å². The van der Waals surface area contributed by atoms with E-state index in [9.17, 15) is 22.9 Å². The first-order valence-electron chi connectivity index (χ1n) is 16.7. The number of carbonyl (C=O) groups excluding carboxylic acids is 1. The standard InChI is InChI=1S/C34H63NO5S/c1-3-5-7-9-11-13-15-17-18-19-21-23-25-27-29-33(36)32(31-41(38,39)40)35-34(37)30-28-26-24-22-20-16-14-12-10-8-6-4-2/h13,15,19,21,27,29,32-33,36H,3-12,14,16-18,20,22-26,28,30-31H2,1-2H3,(H,35,37)(H,38,39,40)/b15-13+,21-19+,29-27+. The summed E-state index contributed by atoms with van der Waals surface area (Å²) in [7, 11) is -4.35. The number of aliphatic hydroxyl groups is 1. The minimum atomic E-state index is -4.35. The van der Waals surface area contributed by atoms with Crippen molar-refractivity contribution in [2.24, 2.45) is 0 Å². The Labute approximate surface area is 253 Å². The van der Waals surface area contributed by atoms with E-state index >= 15 is 0 Å². The number of aliphatic hydroxyl groups excluding tert-OH is 1. The minimum Gasteiger partial charge on any atom is -0.387 e. The molecular weight excluding hydrogens is 534 g/mol. The van der Waals surface area contributed by atoms with Gasteiger partial charge in [-0.25, -0.2) is 0 Å². The highest BCUT2D eigenvalue weighted by Crippen LogP contribution is 2.13. The molecule has 2 atom stereocenters. The van der Waals surface area contributed by atoms with Crippen molar-refractivity contribution in [3.63, 3.8) is 0 Å². The van der Waals surface area contributed by atoms with Gasteiger partial charge in [0.25, 0.3) is 10.1 Å². The Morgan fingerprint density at radius 1 is 0.634 bits per heavy atom. The molecule has 0 saturated heterocycles. The first kappa shape index (κ1) is 39.6. The molecule has 0 aliphatic rings. The first-order valence-corrected chi connectivity index (χ1v) is 18.3. The van der Waals surface area contributed by atoms with Gasteiger partial charge in [-0.05, 0) is 44.9 Å². The fourth-order valence-electron chi connectivity index (χ4n) is 4.77. The average molecular weight is 598 g/mol. The molecule has 6 nitrogen and oxygen atoms in total. The predicted molar refractivity (Wildman–Crippen MR) is 175 cm³/mol.